The smallest absolute Gasteiger partial charge is 0.263 e. The Labute approximate surface area is 154 Å². The maximum absolute atomic E-state index is 12.4. The molecule has 0 atom stereocenters. The first-order valence-electron chi connectivity index (χ1n) is 7.63. The number of nitrogens with one attached hydrogen (secondary N) is 1. The number of benzene rings is 1. The normalized spacial score (nSPS) is 10.5. The molecule has 2 aromatic heterocycles. The highest BCUT2D eigenvalue weighted by Gasteiger charge is 2.15. The quantitative estimate of drug-likeness (QED) is 0.709. The number of aryl methyl sites for hydroxylation is 1. The first-order chi connectivity index (χ1) is 12.1. The molecule has 7 heteroatoms. The summed E-state index contributed by atoms with van der Waals surface area (Å²) in [6.07, 6.45) is 3.32. The van der Waals surface area contributed by atoms with Crippen LogP contribution in [0.2, 0.25) is 5.02 Å². The molecule has 0 aliphatic rings. The highest BCUT2D eigenvalue weighted by molar-refractivity contribution is 7.13. The Balaban J connectivity index is 1.59. The molecule has 1 N–H and O–H groups in total. The maximum Gasteiger partial charge on any atom is 0.263 e. The van der Waals surface area contributed by atoms with Crippen molar-refractivity contribution in [1.82, 2.24) is 15.3 Å². The zero-order chi connectivity index (χ0) is 17.6. The second-order valence-electron chi connectivity index (χ2n) is 5.31. The summed E-state index contributed by atoms with van der Waals surface area (Å²) in [7, 11) is 0. The van der Waals surface area contributed by atoms with E-state index in [1.807, 2.05) is 25.1 Å². The van der Waals surface area contributed by atoms with Gasteiger partial charge in [-0.15, -0.1) is 11.3 Å². The average molecular weight is 374 g/mol. The van der Waals surface area contributed by atoms with Gasteiger partial charge in [0.15, 0.2) is 0 Å². The Kier molecular flexibility index (Phi) is 5.63. The van der Waals surface area contributed by atoms with Crippen molar-refractivity contribution in [1.29, 1.82) is 0 Å². The Morgan fingerprint density at radius 2 is 2.08 bits per heavy atom. The van der Waals surface area contributed by atoms with Crippen LogP contribution in [0.3, 0.4) is 0 Å². The number of hydrogen-bond acceptors (Lipinski definition) is 5. The Hall–Kier alpha value is -2.44. The highest BCUT2D eigenvalue weighted by atomic mass is 35.5. The number of pyridine rings is 1. The van der Waals surface area contributed by atoms with Gasteiger partial charge in [0.1, 0.15) is 22.2 Å². The Bertz CT molecular complexity index is 851. The van der Waals surface area contributed by atoms with Crippen LogP contribution in [0, 0.1) is 6.92 Å². The molecule has 1 aromatic carbocycles. The lowest BCUT2D eigenvalue weighted by atomic mass is 10.2. The molecule has 3 rings (SSSR count). The summed E-state index contributed by atoms with van der Waals surface area (Å²) < 4.78 is 5.62. The SMILES string of the molecule is Cc1nc(COc2cccnc2)sc1C(=O)NCc1ccc(Cl)cc1. The van der Waals surface area contributed by atoms with Crippen LogP contribution in [-0.2, 0) is 13.2 Å². The average Bonchev–Trinajstić information content (AvgIpc) is 3.01. The van der Waals surface area contributed by atoms with Gasteiger partial charge in [0.2, 0.25) is 0 Å². The number of hydrogen-bond donors (Lipinski definition) is 1. The van der Waals surface area contributed by atoms with Gasteiger partial charge in [0.25, 0.3) is 5.91 Å². The third-order valence-electron chi connectivity index (χ3n) is 3.41. The number of amides is 1. The predicted molar refractivity (Wildman–Crippen MR) is 98.0 cm³/mol. The van der Waals surface area contributed by atoms with E-state index >= 15 is 0 Å². The fourth-order valence-electron chi connectivity index (χ4n) is 2.17. The lowest BCUT2D eigenvalue weighted by molar-refractivity contribution is 0.0954. The van der Waals surface area contributed by atoms with Gasteiger partial charge in [0, 0.05) is 17.8 Å². The standard InChI is InChI=1S/C18H16ClN3O2S/c1-12-17(18(23)21-9-13-4-6-14(19)7-5-13)25-16(22-12)11-24-15-3-2-8-20-10-15/h2-8,10H,9,11H2,1H3,(H,21,23). The minimum Gasteiger partial charge on any atom is -0.485 e. The van der Waals surface area contributed by atoms with Gasteiger partial charge in [0.05, 0.1) is 11.9 Å². The summed E-state index contributed by atoms with van der Waals surface area (Å²) in [4.78, 5) is 21.4. The van der Waals surface area contributed by atoms with Gasteiger partial charge >= 0.3 is 0 Å². The van der Waals surface area contributed by atoms with E-state index in [4.69, 9.17) is 16.3 Å². The van der Waals surface area contributed by atoms with Crippen LogP contribution >= 0.6 is 22.9 Å². The number of carbonyl (C=O) groups is 1. The summed E-state index contributed by atoms with van der Waals surface area (Å²) in [5.74, 6) is 0.529. The second kappa shape index (κ2) is 8.09. The van der Waals surface area contributed by atoms with Crippen LogP contribution in [0.15, 0.2) is 48.8 Å². The number of carbonyl (C=O) groups excluding carboxylic acids is 1. The van der Waals surface area contributed by atoms with Crippen LogP contribution in [0.1, 0.15) is 25.9 Å². The zero-order valence-corrected chi connectivity index (χ0v) is 15.1. The number of nitrogens with zero attached hydrogens (tertiary/aromatic N) is 2. The molecule has 0 aliphatic heterocycles. The predicted octanol–water partition coefficient (Wildman–Crippen LogP) is 4.01. The number of ether oxygens (including phenoxy) is 1. The topological polar surface area (TPSA) is 64.1 Å². The first-order valence-corrected chi connectivity index (χ1v) is 8.83. The third-order valence-corrected chi connectivity index (χ3v) is 4.79. The van der Waals surface area contributed by atoms with Crippen molar-refractivity contribution in [3.63, 3.8) is 0 Å². The molecule has 0 saturated carbocycles. The summed E-state index contributed by atoms with van der Waals surface area (Å²) >= 11 is 7.19. The van der Waals surface area contributed by atoms with Crippen molar-refractivity contribution in [2.45, 2.75) is 20.1 Å². The van der Waals surface area contributed by atoms with E-state index in [0.717, 1.165) is 10.6 Å². The van der Waals surface area contributed by atoms with Gasteiger partial charge < -0.3 is 10.1 Å². The van der Waals surface area contributed by atoms with Gasteiger partial charge in [-0.25, -0.2) is 4.98 Å². The van der Waals surface area contributed by atoms with Crippen LogP contribution in [0.5, 0.6) is 5.75 Å². The summed E-state index contributed by atoms with van der Waals surface area (Å²) in [6, 6.07) is 11.0. The number of aromatic nitrogens is 2. The minimum atomic E-state index is -0.141. The first kappa shape index (κ1) is 17.4. The molecule has 0 unspecified atom stereocenters. The number of thiazole rings is 1. The molecule has 0 bridgehead atoms. The number of halogens is 1. The summed E-state index contributed by atoms with van der Waals surface area (Å²) in [5, 5.41) is 4.32. The zero-order valence-electron chi connectivity index (χ0n) is 13.5. The van der Waals surface area contributed by atoms with Crippen molar-refractivity contribution < 1.29 is 9.53 Å². The molecular weight excluding hydrogens is 358 g/mol. The van der Waals surface area contributed by atoms with Crippen LogP contribution < -0.4 is 10.1 Å². The molecule has 0 radical (unpaired) electrons. The highest BCUT2D eigenvalue weighted by Crippen LogP contribution is 2.20. The van der Waals surface area contributed by atoms with E-state index in [1.54, 1.807) is 30.6 Å². The van der Waals surface area contributed by atoms with Crippen molar-refractivity contribution in [2.24, 2.45) is 0 Å². The van der Waals surface area contributed by atoms with Crippen molar-refractivity contribution in [3.05, 3.63) is 75.0 Å². The van der Waals surface area contributed by atoms with Crippen LogP contribution in [0.25, 0.3) is 0 Å². The van der Waals surface area contributed by atoms with Crippen molar-refractivity contribution >= 4 is 28.8 Å². The summed E-state index contributed by atoms with van der Waals surface area (Å²) in [6.45, 7) is 2.57. The Morgan fingerprint density at radius 1 is 1.28 bits per heavy atom. The van der Waals surface area contributed by atoms with Crippen molar-refractivity contribution in [3.8, 4) is 5.75 Å². The fraction of sp³-hybridized carbons (Fsp3) is 0.167. The number of rotatable bonds is 6. The maximum atomic E-state index is 12.4. The van der Waals surface area contributed by atoms with Gasteiger partial charge in [-0.2, -0.15) is 0 Å². The molecule has 0 spiro atoms. The van der Waals surface area contributed by atoms with E-state index in [0.29, 0.717) is 34.5 Å². The largest absolute Gasteiger partial charge is 0.485 e. The monoisotopic (exact) mass is 373 g/mol. The van der Waals surface area contributed by atoms with Crippen LogP contribution in [0.4, 0.5) is 0 Å². The lowest BCUT2D eigenvalue weighted by Gasteiger charge is -2.04. The van der Waals surface area contributed by atoms with E-state index in [1.165, 1.54) is 11.3 Å². The molecule has 25 heavy (non-hydrogen) atoms. The van der Waals surface area contributed by atoms with Crippen molar-refractivity contribution in [2.75, 3.05) is 0 Å². The van der Waals surface area contributed by atoms with Gasteiger partial charge in [-0.05, 0) is 36.8 Å². The molecular formula is C18H16ClN3O2S. The second-order valence-corrected chi connectivity index (χ2v) is 6.83. The van der Waals surface area contributed by atoms with Gasteiger partial charge in [-0.1, -0.05) is 23.7 Å². The molecule has 128 valence electrons. The molecule has 5 nitrogen and oxygen atoms in total. The molecule has 3 aromatic rings. The van der Waals surface area contributed by atoms with Crippen LogP contribution in [-0.4, -0.2) is 15.9 Å². The molecule has 0 fully saturated rings. The fourth-order valence-corrected chi connectivity index (χ4v) is 3.19. The van der Waals surface area contributed by atoms with E-state index < -0.39 is 0 Å². The van der Waals surface area contributed by atoms with Gasteiger partial charge in [-0.3, -0.25) is 9.78 Å². The van der Waals surface area contributed by atoms with E-state index in [9.17, 15) is 4.79 Å². The molecule has 0 aliphatic carbocycles. The minimum absolute atomic E-state index is 0.141. The molecule has 2 heterocycles. The Morgan fingerprint density at radius 3 is 2.80 bits per heavy atom. The molecule has 0 saturated heterocycles. The summed E-state index contributed by atoms with van der Waals surface area (Å²) in [5.41, 5.74) is 1.68. The third kappa shape index (κ3) is 4.78. The molecule has 1 amide bonds. The van der Waals surface area contributed by atoms with E-state index in [-0.39, 0.29) is 5.91 Å². The lowest BCUT2D eigenvalue weighted by Crippen LogP contribution is -2.22. The van der Waals surface area contributed by atoms with E-state index in [2.05, 4.69) is 15.3 Å².